The second kappa shape index (κ2) is 5.66. The highest BCUT2D eigenvalue weighted by molar-refractivity contribution is 5.41. The first-order chi connectivity index (χ1) is 7.08. The molecule has 1 aromatic heterocycles. The number of aromatic nitrogens is 1. The van der Waals surface area contributed by atoms with Gasteiger partial charge in [-0.3, -0.25) is 0 Å². The third kappa shape index (κ3) is 4.74. The normalized spacial score (nSPS) is 12.9. The van der Waals surface area contributed by atoms with E-state index in [4.69, 9.17) is 0 Å². The van der Waals surface area contributed by atoms with Crippen LogP contribution in [0.4, 0.5) is 10.1 Å². The van der Waals surface area contributed by atoms with Crippen molar-refractivity contribution in [3.05, 3.63) is 24.3 Å². The first kappa shape index (κ1) is 11.9. The van der Waals surface area contributed by atoms with E-state index in [-0.39, 0.29) is 0 Å². The number of halogens is 1. The second-order valence-electron chi connectivity index (χ2n) is 4.03. The molecule has 0 amide bonds. The summed E-state index contributed by atoms with van der Waals surface area (Å²) in [6, 6.07) is 2.98. The number of rotatable bonds is 5. The van der Waals surface area contributed by atoms with E-state index in [9.17, 15) is 9.50 Å². The average molecular weight is 212 g/mol. The van der Waals surface area contributed by atoms with Crippen molar-refractivity contribution in [3.63, 3.8) is 0 Å². The van der Waals surface area contributed by atoms with Gasteiger partial charge in [0.05, 0.1) is 6.10 Å². The number of hydrogen-bond acceptors (Lipinski definition) is 3. The molecule has 2 N–H and O–H groups in total. The van der Waals surface area contributed by atoms with E-state index in [1.54, 1.807) is 6.07 Å². The topological polar surface area (TPSA) is 45.1 Å². The molecule has 1 rings (SSSR count). The molecule has 0 aliphatic carbocycles. The molecule has 0 aromatic carbocycles. The molecule has 0 aliphatic rings. The molecule has 0 saturated heterocycles. The van der Waals surface area contributed by atoms with Crippen molar-refractivity contribution in [1.29, 1.82) is 0 Å². The standard InChI is InChI=1S/C11H17FN2O/c1-8(2)5-10(15)7-14-9-3-4-13-11(12)6-9/h3-4,6,8,10,15H,5,7H2,1-2H3,(H,13,14). The van der Waals surface area contributed by atoms with E-state index in [1.165, 1.54) is 12.3 Å². The summed E-state index contributed by atoms with van der Waals surface area (Å²) in [6.45, 7) is 4.53. The highest BCUT2D eigenvalue weighted by Gasteiger charge is 2.06. The molecule has 1 aromatic rings. The summed E-state index contributed by atoms with van der Waals surface area (Å²) in [5.41, 5.74) is 0.644. The number of anilines is 1. The van der Waals surface area contributed by atoms with Gasteiger partial charge in [-0.15, -0.1) is 0 Å². The average Bonchev–Trinajstić information content (AvgIpc) is 2.14. The van der Waals surface area contributed by atoms with Gasteiger partial charge in [0.1, 0.15) is 0 Å². The lowest BCUT2D eigenvalue weighted by Gasteiger charge is -2.14. The largest absolute Gasteiger partial charge is 0.391 e. The molecule has 0 bridgehead atoms. The molecule has 15 heavy (non-hydrogen) atoms. The van der Waals surface area contributed by atoms with Crippen molar-refractivity contribution in [1.82, 2.24) is 4.98 Å². The summed E-state index contributed by atoms with van der Waals surface area (Å²) in [7, 11) is 0. The maximum absolute atomic E-state index is 12.7. The highest BCUT2D eigenvalue weighted by atomic mass is 19.1. The van der Waals surface area contributed by atoms with Crippen molar-refractivity contribution in [3.8, 4) is 0 Å². The van der Waals surface area contributed by atoms with Gasteiger partial charge in [-0.05, 0) is 18.4 Å². The molecule has 1 atom stereocenters. The van der Waals surface area contributed by atoms with Gasteiger partial charge in [-0.25, -0.2) is 4.98 Å². The molecule has 0 spiro atoms. The van der Waals surface area contributed by atoms with Crippen molar-refractivity contribution in [2.24, 2.45) is 5.92 Å². The van der Waals surface area contributed by atoms with Crippen LogP contribution in [-0.4, -0.2) is 22.7 Å². The highest BCUT2D eigenvalue weighted by Crippen LogP contribution is 2.09. The monoisotopic (exact) mass is 212 g/mol. The van der Waals surface area contributed by atoms with Crippen LogP contribution in [0.2, 0.25) is 0 Å². The lowest BCUT2D eigenvalue weighted by Crippen LogP contribution is -2.21. The fourth-order valence-electron chi connectivity index (χ4n) is 1.38. The third-order valence-electron chi connectivity index (χ3n) is 2.01. The Morgan fingerprint density at radius 2 is 2.27 bits per heavy atom. The lowest BCUT2D eigenvalue weighted by atomic mass is 10.1. The number of nitrogens with one attached hydrogen (secondary N) is 1. The zero-order valence-corrected chi connectivity index (χ0v) is 9.07. The number of hydrogen-bond donors (Lipinski definition) is 2. The van der Waals surface area contributed by atoms with Crippen LogP contribution < -0.4 is 5.32 Å². The Bertz CT molecular complexity index is 304. The Morgan fingerprint density at radius 1 is 1.53 bits per heavy atom. The Labute approximate surface area is 89.4 Å². The quantitative estimate of drug-likeness (QED) is 0.734. The Balaban J connectivity index is 2.36. The summed E-state index contributed by atoms with van der Waals surface area (Å²) in [6.07, 6.45) is 1.73. The van der Waals surface area contributed by atoms with E-state index in [0.29, 0.717) is 18.2 Å². The molecule has 0 radical (unpaired) electrons. The zero-order chi connectivity index (χ0) is 11.3. The zero-order valence-electron chi connectivity index (χ0n) is 9.07. The molecule has 84 valence electrons. The van der Waals surface area contributed by atoms with Crippen LogP contribution in [0.25, 0.3) is 0 Å². The molecular weight excluding hydrogens is 195 g/mol. The molecular formula is C11H17FN2O. The van der Waals surface area contributed by atoms with Gasteiger partial charge in [0.2, 0.25) is 5.95 Å². The van der Waals surface area contributed by atoms with E-state index in [1.807, 2.05) is 0 Å². The number of aliphatic hydroxyl groups is 1. The minimum atomic E-state index is -0.515. The summed E-state index contributed by atoms with van der Waals surface area (Å²) < 4.78 is 12.7. The molecule has 0 aliphatic heterocycles. The lowest BCUT2D eigenvalue weighted by molar-refractivity contribution is 0.161. The van der Waals surface area contributed by atoms with Gasteiger partial charge < -0.3 is 10.4 Å². The maximum atomic E-state index is 12.7. The number of aliphatic hydroxyl groups excluding tert-OH is 1. The van der Waals surface area contributed by atoms with Crippen LogP contribution in [0, 0.1) is 11.9 Å². The number of pyridine rings is 1. The van der Waals surface area contributed by atoms with Crippen molar-refractivity contribution in [2.45, 2.75) is 26.4 Å². The Hall–Kier alpha value is -1.16. The van der Waals surface area contributed by atoms with Crippen LogP contribution >= 0.6 is 0 Å². The Morgan fingerprint density at radius 3 is 2.87 bits per heavy atom. The first-order valence-corrected chi connectivity index (χ1v) is 5.11. The Kier molecular flexibility index (Phi) is 4.49. The van der Waals surface area contributed by atoms with Crippen LogP contribution in [0.3, 0.4) is 0 Å². The minimum Gasteiger partial charge on any atom is -0.391 e. The first-order valence-electron chi connectivity index (χ1n) is 5.11. The summed E-state index contributed by atoms with van der Waals surface area (Å²) in [5.74, 6) is -0.0608. The fraction of sp³-hybridized carbons (Fsp3) is 0.545. The number of nitrogens with zero attached hydrogens (tertiary/aromatic N) is 1. The van der Waals surface area contributed by atoms with E-state index in [0.717, 1.165) is 6.42 Å². The van der Waals surface area contributed by atoms with Crippen LogP contribution in [0.1, 0.15) is 20.3 Å². The molecule has 3 nitrogen and oxygen atoms in total. The smallest absolute Gasteiger partial charge is 0.214 e. The minimum absolute atomic E-state index is 0.402. The van der Waals surface area contributed by atoms with E-state index >= 15 is 0 Å². The summed E-state index contributed by atoms with van der Waals surface area (Å²) >= 11 is 0. The van der Waals surface area contributed by atoms with Crippen molar-refractivity contribution >= 4 is 5.69 Å². The molecule has 4 heteroatoms. The van der Waals surface area contributed by atoms with Crippen molar-refractivity contribution < 1.29 is 9.50 Å². The van der Waals surface area contributed by atoms with Gasteiger partial charge in [-0.1, -0.05) is 13.8 Å². The summed E-state index contributed by atoms with van der Waals surface area (Å²) in [4.78, 5) is 3.45. The molecule has 1 unspecified atom stereocenters. The third-order valence-corrected chi connectivity index (χ3v) is 2.01. The van der Waals surface area contributed by atoms with Crippen LogP contribution in [0.15, 0.2) is 18.3 Å². The molecule has 1 heterocycles. The van der Waals surface area contributed by atoms with Gasteiger partial charge in [-0.2, -0.15) is 4.39 Å². The van der Waals surface area contributed by atoms with E-state index in [2.05, 4.69) is 24.1 Å². The van der Waals surface area contributed by atoms with Crippen LogP contribution in [0.5, 0.6) is 0 Å². The molecule has 0 fully saturated rings. The maximum Gasteiger partial charge on any atom is 0.214 e. The SMILES string of the molecule is CC(C)CC(O)CNc1ccnc(F)c1. The summed E-state index contributed by atoms with van der Waals surface area (Å²) in [5, 5.41) is 12.5. The van der Waals surface area contributed by atoms with E-state index < -0.39 is 12.1 Å². The van der Waals surface area contributed by atoms with Gasteiger partial charge >= 0.3 is 0 Å². The van der Waals surface area contributed by atoms with Gasteiger partial charge in [0, 0.05) is 24.5 Å². The fourth-order valence-corrected chi connectivity index (χ4v) is 1.38. The van der Waals surface area contributed by atoms with Gasteiger partial charge in [0.25, 0.3) is 0 Å². The predicted octanol–water partition coefficient (Wildman–Crippen LogP) is 2.04. The van der Waals surface area contributed by atoms with Crippen molar-refractivity contribution in [2.75, 3.05) is 11.9 Å². The van der Waals surface area contributed by atoms with Crippen LogP contribution in [-0.2, 0) is 0 Å². The second-order valence-corrected chi connectivity index (χ2v) is 4.03. The molecule has 0 saturated carbocycles. The van der Waals surface area contributed by atoms with Gasteiger partial charge in [0.15, 0.2) is 0 Å². The predicted molar refractivity (Wildman–Crippen MR) is 58.1 cm³/mol.